The van der Waals surface area contributed by atoms with Gasteiger partial charge in [-0.05, 0) is 63.4 Å². The van der Waals surface area contributed by atoms with Crippen LogP contribution in [0.5, 0.6) is 0 Å². The second-order valence-corrected chi connectivity index (χ2v) is 8.86. The standard InChI is InChI=1S/C19H20FN5O.C5H2BrFN2O2/c1-4-25-11-13(18(9-21)22-25)7-14-10-24(3)23-19(14)16-6-5-15(20)8-17(16)12(2)26;6-3-1-4(7)5(8-2-3)9(10)11/h5-6,8,10-12,26H,4,7H2,1-3H3;1-2H/t12-;/m1./s1. The number of aliphatic hydroxyl groups excluding tert-OH is 1. The lowest BCUT2D eigenvalue weighted by Gasteiger charge is -2.12. The molecule has 0 amide bonds. The molecule has 0 bridgehead atoms. The SMILES string of the molecule is CCn1cc(Cc2cn(C)nc2-c2ccc(F)cc2[C@@H](C)O)c(C#N)n1.O=[N+]([O-])c1ncc(Br)cc1F. The van der Waals surface area contributed by atoms with Crippen LogP contribution in [-0.4, -0.2) is 34.6 Å². The van der Waals surface area contributed by atoms with Gasteiger partial charge in [0, 0.05) is 55.2 Å². The van der Waals surface area contributed by atoms with Gasteiger partial charge in [0.05, 0.1) is 16.3 Å². The van der Waals surface area contributed by atoms with Crippen LogP contribution >= 0.6 is 15.9 Å². The Morgan fingerprint density at radius 1 is 1.24 bits per heavy atom. The molecule has 0 spiro atoms. The molecule has 37 heavy (non-hydrogen) atoms. The number of rotatable bonds is 6. The Kier molecular flexibility index (Phi) is 8.80. The Morgan fingerprint density at radius 3 is 2.57 bits per heavy atom. The van der Waals surface area contributed by atoms with E-state index in [9.17, 15) is 29.3 Å². The summed E-state index contributed by atoms with van der Waals surface area (Å²) < 4.78 is 30.0. The molecule has 1 atom stereocenters. The predicted octanol–water partition coefficient (Wildman–Crippen LogP) is 4.85. The fourth-order valence-electron chi connectivity index (χ4n) is 3.58. The van der Waals surface area contributed by atoms with Crippen LogP contribution in [0.2, 0.25) is 0 Å². The van der Waals surface area contributed by atoms with Crippen molar-refractivity contribution in [3.8, 4) is 17.3 Å². The molecule has 3 heterocycles. The van der Waals surface area contributed by atoms with E-state index in [1.165, 1.54) is 18.3 Å². The van der Waals surface area contributed by atoms with Gasteiger partial charge in [0.2, 0.25) is 5.82 Å². The van der Waals surface area contributed by atoms with E-state index in [4.69, 9.17) is 0 Å². The van der Waals surface area contributed by atoms with E-state index in [0.29, 0.717) is 40.0 Å². The summed E-state index contributed by atoms with van der Waals surface area (Å²) in [7, 11) is 1.80. The van der Waals surface area contributed by atoms with Crippen molar-refractivity contribution in [2.75, 3.05) is 0 Å². The Bertz CT molecular complexity index is 1480. The molecule has 13 heteroatoms. The molecule has 0 aliphatic carbocycles. The average Bonchev–Trinajstić information content (AvgIpc) is 3.41. The Hall–Kier alpha value is -4.02. The number of aliphatic hydroxyl groups is 1. The van der Waals surface area contributed by atoms with Crippen LogP contribution in [0.3, 0.4) is 0 Å². The number of hydrogen-bond acceptors (Lipinski definition) is 7. The number of pyridine rings is 1. The van der Waals surface area contributed by atoms with Crippen molar-refractivity contribution >= 4 is 21.7 Å². The quantitative estimate of drug-likeness (QED) is 0.257. The fraction of sp³-hybridized carbons (Fsp3) is 0.250. The molecular formula is C24H22BrF2N7O3. The Morgan fingerprint density at radius 2 is 1.97 bits per heavy atom. The molecule has 3 aromatic heterocycles. The highest BCUT2D eigenvalue weighted by atomic mass is 79.9. The zero-order valence-corrected chi connectivity index (χ0v) is 21.6. The summed E-state index contributed by atoms with van der Waals surface area (Å²) in [6.07, 6.45) is 4.54. The minimum Gasteiger partial charge on any atom is -0.389 e. The number of aromatic nitrogens is 5. The molecule has 0 aliphatic heterocycles. The summed E-state index contributed by atoms with van der Waals surface area (Å²) in [5, 5.41) is 38.1. The van der Waals surface area contributed by atoms with Gasteiger partial charge in [-0.1, -0.05) is 0 Å². The van der Waals surface area contributed by atoms with Crippen molar-refractivity contribution in [3.63, 3.8) is 0 Å². The van der Waals surface area contributed by atoms with Crippen LogP contribution in [0.4, 0.5) is 14.6 Å². The van der Waals surface area contributed by atoms with E-state index in [-0.39, 0.29) is 0 Å². The second kappa shape index (κ2) is 11.8. The molecule has 0 unspecified atom stereocenters. The molecule has 4 aromatic rings. The highest BCUT2D eigenvalue weighted by Crippen LogP contribution is 2.31. The van der Waals surface area contributed by atoms with Crippen LogP contribution in [0.1, 0.15) is 42.3 Å². The van der Waals surface area contributed by atoms with E-state index in [0.717, 1.165) is 17.2 Å². The molecule has 0 aliphatic rings. The van der Waals surface area contributed by atoms with E-state index < -0.39 is 28.5 Å². The number of benzene rings is 1. The van der Waals surface area contributed by atoms with Crippen LogP contribution in [-0.2, 0) is 20.0 Å². The maximum Gasteiger partial charge on any atom is 0.399 e. The third-order valence-corrected chi connectivity index (χ3v) is 5.67. The number of nitriles is 1. The van der Waals surface area contributed by atoms with Crippen molar-refractivity contribution in [1.29, 1.82) is 5.26 Å². The molecule has 0 saturated heterocycles. The monoisotopic (exact) mass is 573 g/mol. The van der Waals surface area contributed by atoms with E-state index in [1.54, 1.807) is 29.4 Å². The van der Waals surface area contributed by atoms with Crippen molar-refractivity contribution in [2.24, 2.45) is 7.05 Å². The summed E-state index contributed by atoms with van der Waals surface area (Å²) in [5.74, 6) is -2.10. The molecule has 0 saturated carbocycles. The highest BCUT2D eigenvalue weighted by molar-refractivity contribution is 9.10. The first kappa shape index (κ1) is 27.6. The van der Waals surface area contributed by atoms with Crippen LogP contribution in [0.25, 0.3) is 11.3 Å². The van der Waals surface area contributed by atoms with Crippen molar-refractivity contribution in [3.05, 3.63) is 91.5 Å². The summed E-state index contributed by atoms with van der Waals surface area (Å²) in [4.78, 5) is 12.4. The number of nitrogens with zero attached hydrogens (tertiary/aromatic N) is 7. The van der Waals surface area contributed by atoms with Gasteiger partial charge in [0.1, 0.15) is 11.9 Å². The average molecular weight is 574 g/mol. The van der Waals surface area contributed by atoms with Gasteiger partial charge in [-0.3, -0.25) is 9.36 Å². The van der Waals surface area contributed by atoms with Gasteiger partial charge < -0.3 is 15.2 Å². The lowest BCUT2D eigenvalue weighted by Crippen LogP contribution is -1.99. The molecule has 192 valence electrons. The highest BCUT2D eigenvalue weighted by Gasteiger charge is 2.19. The van der Waals surface area contributed by atoms with Gasteiger partial charge in [-0.2, -0.15) is 19.8 Å². The summed E-state index contributed by atoms with van der Waals surface area (Å²) in [6, 6.07) is 7.43. The number of aryl methyl sites for hydroxylation is 2. The molecule has 0 fully saturated rings. The maximum absolute atomic E-state index is 13.6. The van der Waals surface area contributed by atoms with Crippen LogP contribution in [0.15, 0.2) is 47.3 Å². The molecule has 1 N–H and O–H groups in total. The number of halogens is 3. The first-order valence-corrected chi connectivity index (χ1v) is 11.8. The van der Waals surface area contributed by atoms with Crippen LogP contribution < -0.4 is 0 Å². The maximum atomic E-state index is 13.6. The lowest BCUT2D eigenvalue weighted by molar-refractivity contribution is -0.392. The van der Waals surface area contributed by atoms with Gasteiger partial charge in [0.25, 0.3) is 0 Å². The van der Waals surface area contributed by atoms with Gasteiger partial charge in [0.15, 0.2) is 11.9 Å². The summed E-state index contributed by atoms with van der Waals surface area (Å²) >= 11 is 2.92. The predicted molar refractivity (Wildman–Crippen MR) is 133 cm³/mol. The van der Waals surface area contributed by atoms with E-state index in [1.807, 2.05) is 19.3 Å². The largest absolute Gasteiger partial charge is 0.399 e. The van der Waals surface area contributed by atoms with Crippen molar-refractivity contribution < 1.29 is 18.8 Å². The fourth-order valence-corrected chi connectivity index (χ4v) is 3.89. The van der Waals surface area contributed by atoms with Gasteiger partial charge in [-0.25, -0.2) is 4.39 Å². The molecule has 1 aromatic carbocycles. The van der Waals surface area contributed by atoms with Gasteiger partial charge >= 0.3 is 5.82 Å². The Balaban J connectivity index is 0.000000289. The normalized spacial score (nSPS) is 11.4. The molecule has 4 rings (SSSR count). The molecule has 10 nitrogen and oxygen atoms in total. The van der Waals surface area contributed by atoms with Crippen LogP contribution in [0, 0.1) is 33.1 Å². The summed E-state index contributed by atoms with van der Waals surface area (Å²) in [6.45, 7) is 4.24. The second-order valence-electron chi connectivity index (χ2n) is 7.95. The summed E-state index contributed by atoms with van der Waals surface area (Å²) in [5.41, 5.74) is 3.90. The first-order valence-electron chi connectivity index (χ1n) is 11.0. The number of hydrogen-bond donors (Lipinski definition) is 1. The topological polar surface area (TPSA) is 136 Å². The molecule has 0 radical (unpaired) electrons. The van der Waals surface area contributed by atoms with Crippen molar-refractivity contribution in [1.82, 2.24) is 24.5 Å². The zero-order valence-electron chi connectivity index (χ0n) is 20.1. The number of nitro groups is 1. The van der Waals surface area contributed by atoms with E-state index in [2.05, 4.69) is 37.2 Å². The molecular weight excluding hydrogens is 552 g/mol. The minimum atomic E-state index is -0.940. The van der Waals surface area contributed by atoms with E-state index >= 15 is 0 Å². The van der Waals surface area contributed by atoms with Gasteiger partial charge in [-0.15, -0.1) is 0 Å². The van der Waals surface area contributed by atoms with Crippen molar-refractivity contribution in [2.45, 2.75) is 32.9 Å². The first-order chi connectivity index (χ1) is 17.5. The zero-order chi connectivity index (χ0) is 27.3. The Labute approximate surface area is 219 Å². The minimum absolute atomic E-state index is 0.376. The third kappa shape index (κ3) is 6.60. The third-order valence-electron chi connectivity index (χ3n) is 5.23. The lowest BCUT2D eigenvalue weighted by atomic mass is 9.96. The smallest absolute Gasteiger partial charge is 0.389 e.